The van der Waals surface area contributed by atoms with Gasteiger partial charge in [-0.2, -0.15) is 0 Å². The van der Waals surface area contributed by atoms with E-state index in [0.717, 1.165) is 45.3 Å². The van der Waals surface area contributed by atoms with Crippen molar-refractivity contribution >= 4 is 43.1 Å². The zero-order chi connectivity index (χ0) is 16.8. The summed E-state index contributed by atoms with van der Waals surface area (Å²) in [5.41, 5.74) is 5.07. The minimum absolute atomic E-state index is 0.161. The molecule has 0 saturated carbocycles. The van der Waals surface area contributed by atoms with Gasteiger partial charge in [0.1, 0.15) is 0 Å². The molecule has 3 rings (SSSR count). The van der Waals surface area contributed by atoms with Crippen molar-refractivity contribution in [2.45, 2.75) is 58.6 Å². The van der Waals surface area contributed by atoms with E-state index < -0.39 is 5.60 Å². The van der Waals surface area contributed by atoms with Gasteiger partial charge >= 0.3 is 154 Å². The molecule has 1 aliphatic rings. The van der Waals surface area contributed by atoms with Crippen LogP contribution in [0.3, 0.4) is 0 Å². The maximum absolute atomic E-state index is 12.0. The number of aromatic nitrogens is 1. The minimum atomic E-state index is -0.451. The molecule has 0 radical (unpaired) electrons. The van der Waals surface area contributed by atoms with Crippen LogP contribution in [0.4, 0.5) is 4.79 Å². The van der Waals surface area contributed by atoms with E-state index >= 15 is 0 Å². The van der Waals surface area contributed by atoms with Gasteiger partial charge in [-0.1, -0.05) is 0 Å². The number of fused-ring (bicyclic) bond motifs is 3. The number of hydrogen-bond acceptors (Lipinski definition) is 2. The van der Waals surface area contributed by atoms with E-state index in [4.69, 9.17) is 4.74 Å². The van der Waals surface area contributed by atoms with Crippen molar-refractivity contribution in [3.63, 3.8) is 0 Å². The quantitative estimate of drug-likeness (QED) is 0.607. The normalized spacial score (nSPS) is 17.8. The van der Waals surface area contributed by atoms with Crippen LogP contribution in [0.5, 0.6) is 0 Å². The monoisotopic (exact) mass is 504 g/mol. The fourth-order valence-corrected chi connectivity index (χ4v) is 5.29. The SMILES string of the molecule is Cc1ccc2c(c1)c1c([n]2[Tl])CCC(NC(=O)OC(C)(C)C)C1. The Hall–Kier alpha value is -1.05. The second-order valence-electron chi connectivity index (χ2n) is 7.40. The first-order chi connectivity index (χ1) is 10.7. The van der Waals surface area contributed by atoms with Gasteiger partial charge in [0.05, 0.1) is 0 Å². The average Bonchev–Trinajstić information content (AvgIpc) is 2.69. The Morgan fingerprint density at radius 1 is 1.39 bits per heavy atom. The fraction of sp³-hybridized carbons (Fsp3) is 0.500. The standard InChI is InChI=1S/C18H23N2O2.Tl/c1-11-5-7-15-13(9-11)14-10-12(6-8-16(14)20-15)19-17(21)22-18(2,3)4;/h5,7,9,12H,6,8,10H2,1-4H3,(H,19,21);/q-1;+1. The molecule has 4 nitrogen and oxygen atoms in total. The Bertz CT molecular complexity index is 758. The number of carbonyl (C=O) groups is 1. The van der Waals surface area contributed by atoms with Crippen LogP contribution in [0.1, 0.15) is 44.0 Å². The van der Waals surface area contributed by atoms with Crippen molar-refractivity contribution < 1.29 is 9.53 Å². The van der Waals surface area contributed by atoms with Crippen molar-refractivity contribution in [3.05, 3.63) is 35.0 Å². The van der Waals surface area contributed by atoms with Crippen molar-refractivity contribution in [2.24, 2.45) is 0 Å². The van der Waals surface area contributed by atoms with Gasteiger partial charge in [0.25, 0.3) is 0 Å². The Labute approximate surface area is 153 Å². The van der Waals surface area contributed by atoms with Crippen LogP contribution in [-0.2, 0) is 17.6 Å². The second kappa shape index (κ2) is 6.11. The number of nitrogens with one attached hydrogen (secondary N) is 1. The van der Waals surface area contributed by atoms with Gasteiger partial charge in [-0.3, -0.25) is 0 Å². The van der Waals surface area contributed by atoms with Crippen LogP contribution in [0.25, 0.3) is 10.9 Å². The van der Waals surface area contributed by atoms with E-state index in [9.17, 15) is 4.79 Å². The molecule has 1 aromatic carbocycles. The molecule has 120 valence electrons. The van der Waals surface area contributed by atoms with Crippen LogP contribution in [0, 0.1) is 6.92 Å². The number of amides is 1. The summed E-state index contributed by atoms with van der Waals surface area (Å²) in [5.74, 6) is 0. The summed E-state index contributed by atoms with van der Waals surface area (Å²) < 4.78 is 7.86. The molecule has 5 heteroatoms. The number of benzene rings is 1. The third-order valence-corrected chi connectivity index (χ3v) is 6.57. The van der Waals surface area contributed by atoms with E-state index in [0.29, 0.717) is 0 Å². The zero-order valence-electron chi connectivity index (χ0n) is 14.3. The number of carbonyl (C=O) groups excluding carboxylic acids is 1. The number of rotatable bonds is 1. The number of aryl methyl sites for hydroxylation is 1. The van der Waals surface area contributed by atoms with Crippen molar-refractivity contribution in [1.82, 2.24) is 7.69 Å². The predicted molar refractivity (Wildman–Crippen MR) is 93.0 cm³/mol. The third-order valence-electron chi connectivity index (χ3n) is 4.28. The summed E-state index contributed by atoms with van der Waals surface area (Å²) in [7, 11) is 0. The van der Waals surface area contributed by atoms with Gasteiger partial charge in [0, 0.05) is 0 Å². The summed E-state index contributed by atoms with van der Waals surface area (Å²) in [6.45, 7) is 7.82. The van der Waals surface area contributed by atoms with Gasteiger partial charge in [0.15, 0.2) is 0 Å². The van der Waals surface area contributed by atoms with Crippen LogP contribution in [-0.4, -0.2) is 46.2 Å². The first-order valence-corrected chi connectivity index (χ1v) is 10.1. The maximum atomic E-state index is 12.0. The number of nitrogens with zero attached hydrogens (tertiary/aromatic N) is 1. The summed E-state index contributed by atoms with van der Waals surface area (Å²) >= 11 is 0.768. The topological polar surface area (TPSA) is 43.3 Å². The molecule has 0 fully saturated rings. The Kier molecular flexibility index (Phi) is 4.46. The third kappa shape index (κ3) is 3.56. The van der Waals surface area contributed by atoms with Gasteiger partial charge in [-0.25, -0.2) is 0 Å². The molecule has 0 aliphatic heterocycles. The molecule has 1 N–H and O–H groups in total. The van der Waals surface area contributed by atoms with Gasteiger partial charge in [0.2, 0.25) is 0 Å². The molecule has 0 bridgehead atoms. The Morgan fingerprint density at radius 2 is 2.13 bits per heavy atom. The molecule has 1 aliphatic carbocycles. The van der Waals surface area contributed by atoms with Crippen LogP contribution >= 0.6 is 0 Å². The predicted octanol–water partition coefficient (Wildman–Crippen LogP) is 3.26. The molecule has 1 atom stereocenters. The van der Waals surface area contributed by atoms with Gasteiger partial charge in [-0.05, 0) is 0 Å². The van der Waals surface area contributed by atoms with Crippen LogP contribution < -0.4 is 5.32 Å². The summed E-state index contributed by atoms with van der Waals surface area (Å²) in [4.78, 5) is 12.0. The average molecular weight is 504 g/mol. The van der Waals surface area contributed by atoms with E-state index in [1.807, 2.05) is 20.8 Å². The zero-order valence-corrected chi connectivity index (χ0v) is 18.8. The summed E-state index contributed by atoms with van der Waals surface area (Å²) in [6, 6.07) is 6.86. The molecule has 1 aromatic heterocycles. The molecular formula is C18H23N2O2Tl. The van der Waals surface area contributed by atoms with Gasteiger partial charge in [-0.15, -0.1) is 0 Å². The summed E-state index contributed by atoms with van der Waals surface area (Å²) in [6.07, 6.45) is 2.60. The van der Waals surface area contributed by atoms with E-state index in [-0.39, 0.29) is 12.1 Å². The van der Waals surface area contributed by atoms with Crippen molar-refractivity contribution in [3.8, 4) is 0 Å². The molecule has 2 aromatic rings. The van der Waals surface area contributed by atoms with Crippen molar-refractivity contribution in [2.75, 3.05) is 0 Å². The Balaban J connectivity index is 1.83. The number of alkyl carbamates (subject to hydrolysis) is 1. The molecule has 23 heavy (non-hydrogen) atoms. The second-order valence-corrected chi connectivity index (χ2v) is 9.41. The molecular weight excluding hydrogens is 481 g/mol. The molecule has 0 spiro atoms. The van der Waals surface area contributed by atoms with E-state index in [1.165, 1.54) is 27.7 Å². The number of ether oxygens (including phenoxy) is 1. The molecule has 1 heterocycles. The van der Waals surface area contributed by atoms with Crippen LogP contribution in [0.15, 0.2) is 18.2 Å². The van der Waals surface area contributed by atoms with E-state index in [2.05, 4.69) is 32.8 Å². The van der Waals surface area contributed by atoms with Gasteiger partial charge < -0.3 is 0 Å². The summed E-state index contributed by atoms with van der Waals surface area (Å²) in [5, 5.41) is 4.41. The molecule has 1 amide bonds. The molecule has 1 unspecified atom stereocenters. The Morgan fingerprint density at radius 3 is 2.83 bits per heavy atom. The van der Waals surface area contributed by atoms with E-state index in [1.54, 1.807) is 0 Å². The van der Waals surface area contributed by atoms with Crippen molar-refractivity contribution in [1.29, 1.82) is 0 Å². The number of hydrogen-bond donors (Lipinski definition) is 1. The first-order valence-electron chi connectivity index (χ1n) is 8.12. The molecule has 0 saturated heterocycles. The first kappa shape index (κ1) is 16.8. The van der Waals surface area contributed by atoms with Crippen LogP contribution in [0.2, 0.25) is 0 Å². The fourth-order valence-electron chi connectivity index (χ4n) is 3.30.